The molecule has 0 aliphatic heterocycles. The average Bonchev–Trinajstić information content (AvgIpc) is 2.46. The van der Waals surface area contributed by atoms with E-state index in [9.17, 15) is 16.8 Å². The number of hydrogen-bond donors (Lipinski definition) is 0. The van der Waals surface area contributed by atoms with Crippen LogP contribution < -0.4 is 0 Å². The Labute approximate surface area is 130 Å². The van der Waals surface area contributed by atoms with Gasteiger partial charge in [0.05, 0.1) is 20.5 Å². The molecule has 0 saturated carbocycles. The van der Waals surface area contributed by atoms with E-state index in [1.165, 1.54) is 7.11 Å². The highest BCUT2D eigenvalue weighted by Gasteiger charge is 2.19. The SMILES string of the molecule is COS(=O)(=O)c1c(C)ccc2ccccc12.COS(C)(=O)=O. The van der Waals surface area contributed by atoms with Gasteiger partial charge in [0.1, 0.15) is 4.90 Å². The quantitative estimate of drug-likeness (QED) is 0.791. The fourth-order valence-electron chi connectivity index (χ4n) is 1.77. The maximum atomic E-state index is 11.8. The maximum Gasteiger partial charge on any atom is 0.297 e. The molecule has 0 atom stereocenters. The molecule has 0 radical (unpaired) electrons. The van der Waals surface area contributed by atoms with E-state index >= 15 is 0 Å². The number of aryl methyl sites for hydroxylation is 1. The number of hydrogen-bond acceptors (Lipinski definition) is 6. The van der Waals surface area contributed by atoms with E-state index in [0.29, 0.717) is 10.9 Å². The van der Waals surface area contributed by atoms with Gasteiger partial charge in [0.25, 0.3) is 20.2 Å². The fourth-order valence-corrected chi connectivity index (χ4v) is 2.85. The molecular weight excluding hydrogens is 328 g/mol. The highest BCUT2D eigenvalue weighted by Crippen LogP contribution is 2.27. The molecule has 0 bridgehead atoms. The van der Waals surface area contributed by atoms with Gasteiger partial charge >= 0.3 is 0 Å². The Morgan fingerprint density at radius 1 is 0.864 bits per heavy atom. The second-order valence-electron chi connectivity index (χ2n) is 4.42. The Morgan fingerprint density at radius 3 is 1.91 bits per heavy atom. The number of fused-ring (bicyclic) bond motifs is 1. The summed E-state index contributed by atoms with van der Waals surface area (Å²) in [5.74, 6) is 0. The summed E-state index contributed by atoms with van der Waals surface area (Å²) in [6, 6.07) is 11.0. The van der Waals surface area contributed by atoms with Crippen LogP contribution in [0.5, 0.6) is 0 Å². The molecule has 0 saturated heterocycles. The van der Waals surface area contributed by atoms with Gasteiger partial charge in [-0.3, -0.25) is 8.37 Å². The van der Waals surface area contributed by atoms with Crippen LogP contribution in [0.1, 0.15) is 5.56 Å². The predicted octanol–water partition coefficient (Wildman–Crippen LogP) is 2.08. The standard InChI is InChI=1S/C12H12O3S.C2H6O3S/c1-9-7-8-10-5-3-4-6-11(10)12(9)16(13,14)15-2;1-5-6(2,3)4/h3-8H,1-2H3;1-2H3. The Hall–Kier alpha value is -1.48. The van der Waals surface area contributed by atoms with Gasteiger partial charge in [0.2, 0.25) is 0 Å². The second kappa shape index (κ2) is 7.19. The van der Waals surface area contributed by atoms with E-state index in [0.717, 1.165) is 18.8 Å². The summed E-state index contributed by atoms with van der Waals surface area (Å²) >= 11 is 0. The van der Waals surface area contributed by atoms with E-state index < -0.39 is 20.2 Å². The summed E-state index contributed by atoms with van der Waals surface area (Å²) in [5, 5.41) is 1.59. The van der Waals surface area contributed by atoms with Gasteiger partial charge in [-0.25, -0.2) is 0 Å². The highest BCUT2D eigenvalue weighted by molar-refractivity contribution is 7.87. The van der Waals surface area contributed by atoms with Crippen molar-refractivity contribution in [3.63, 3.8) is 0 Å². The summed E-state index contributed by atoms with van der Waals surface area (Å²) in [7, 11) is -4.52. The van der Waals surface area contributed by atoms with Crippen LogP contribution in [0.25, 0.3) is 10.8 Å². The van der Waals surface area contributed by atoms with E-state index in [1.807, 2.05) is 24.3 Å². The van der Waals surface area contributed by atoms with Crippen LogP contribution >= 0.6 is 0 Å². The van der Waals surface area contributed by atoms with Crippen LogP contribution in [-0.4, -0.2) is 37.3 Å². The molecule has 0 aliphatic rings. The van der Waals surface area contributed by atoms with Crippen LogP contribution in [0, 0.1) is 6.92 Å². The van der Waals surface area contributed by atoms with Gasteiger partial charge < -0.3 is 0 Å². The van der Waals surface area contributed by atoms with Crippen molar-refractivity contribution in [1.29, 1.82) is 0 Å². The third-order valence-electron chi connectivity index (χ3n) is 2.85. The van der Waals surface area contributed by atoms with Crippen molar-refractivity contribution in [3.05, 3.63) is 42.0 Å². The predicted molar refractivity (Wildman–Crippen MR) is 84.7 cm³/mol. The molecule has 6 nitrogen and oxygen atoms in total. The molecule has 0 amide bonds. The second-order valence-corrected chi connectivity index (χ2v) is 7.82. The molecule has 0 aliphatic carbocycles. The van der Waals surface area contributed by atoms with Gasteiger partial charge in [0, 0.05) is 5.39 Å². The molecule has 0 heterocycles. The Kier molecular flexibility index (Phi) is 6.07. The molecular formula is C14H18O6S2. The fraction of sp³-hybridized carbons (Fsp3) is 0.286. The zero-order valence-electron chi connectivity index (χ0n) is 12.7. The molecule has 0 aromatic heterocycles. The molecule has 122 valence electrons. The third-order valence-corrected chi connectivity index (χ3v) is 4.93. The zero-order chi connectivity index (χ0) is 17.0. The lowest BCUT2D eigenvalue weighted by Gasteiger charge is -2.09. The van der Waals surface area contributed by atoms with Crippen LogP contribution in [0.4, 0.5) is 0 Å². The highest BCUT2D eigenvalue weighted by atomic mass is 32.2. The van der Waals surface area contributed by atoms with E-state index in [-0.39, 0.29) is 4.90 Å². The van der Waals surface area contributed by atoms with Crippen LogP contribution in [0.15, 0.2) is 41.3 Å². The van der Waals surface area contributed by atoms with Crippen LogP contribution in [0.3, 0.4) is 0 Å². The van der Waals surface area contributed by atoms with Crippen molar-refractivity contribution in [1.82, 2.24) is 0 Å². The molecule has 22 heavy (non-hydrogen) atoms. The minimum Gasteiger partial charge on any atom is -0.274 e. The van der Waals surface area contributed by atoms with Crippen molar-refractivity contribution < 1.29 is 25.2 Å². The van der Waals surface area contributed by atoms with Gasteiger partial charge in [-0.1, -0.05) is 36.4 Å². The third kappa shape index (κ3) is 4.77. The van der Waals surface area contributed by atoms with Gasteiger partial charge in [-0.2, -0.15) is 16.8 Å². The molecule has 8 heteroatoms. The lowest BCUT2D eigenvalue weighted by Crippen LogP contribution is -2.05. The summed E-state index contributed by atoms with van der Waals surface area (Å²) in [6.07, 6.45) is 0.993. The first-order chi connectivity index (χ1) is 10.1. The Bertz CT molecular complexity index is 854. The van der Waals surface area contributed by atoms with E-state index in [4.69, 9.17) is 0 Å². The Morgan fingerprint density at radius 2 is 1.41 bits per heavy atom. The first kappa shape index (κ1) is 18.6. The first-order valence-corrected chi connectivity index (χ1v) is 9.39. The smallest absolute Gasteiger partial charge is 0.274 e. The summed E-state index contributed by atoms with van der Waals surface area (Å²) in [4.78, 5) is 0.258. The van der Waals surface area contributed by atoms with Crippen molar-refractivity contribution in [2.45, 2.75) is 11.8 Å². The van der Waals surface area contributed by atoms with Crippen molar-refractivity contribution >= 4 is 31.0 Å². The molecule has 0 N–H and O–H groups in total. The first-order valence-electron chi connectivity index (χ1n) is 6.17. The van der Waals surface area contributed by atoms with Crippen molar-refractivity contribution in [3.8, 4) is 0 Å². The van der Waals surface area contributed by atoms with Crippen LogP contribution in [-0.2, 0) is 28.6 Å². The molecule has 2 aromatic rings. The zero-order valence-corrected chi connectivity index (χ0v) is 14.4. The topological polar surface area (TPSA) is 86.7 Å². The lowest BCUT2D eigenvalue weighted by molar-refractivity contribution is 0.398. The maximum absolute atomic E-state index is 11.8. The van der Waals surface area contributed by atoms with Gasteiger partial charge in [0.15, 0.2) is 0 Å². The molecule has 2 rings (SSSR count). The number of benzene rings is 2. The minimum atomic E-state index is -3.66. The summed E-state index contributed by atoms with van der Waals surface area (Å²) in [5.41, 5.74) is 0.695. The van der Waals surface area contributed by atoms with E-state index in [1.54, 1.807) is 19.1 Å². The van der Waals surface area contributed by atoms with Gasteiger partial charge in [-0.15, -0.1) is 0 Å². The van der Waals surface area contributed by atoms with Crippen molar-refractivity contribution in [2.75, 3.05) is 20.5 Å². The monoisotopic (exact) mass is 346 g/mol. The molecule has 2 aromatic carbocycles. The minimum absolute atomic E-state index is 0.258. The largest absolute Gasteiger partial charge is 0.297 e. The van der Waals surface area contributed by atoms with Crippen molar-refractivity contribution in [2.24, 2.45) is 0 Å². The lowest BCUT2D eigenvalue weighted by atomic mass is 10.1. The van der Waals surface area contributed by atoms with E-state index in [2.05, 4.69) is 8.37 Å². The average molecular weight is 346 g/mol. The van der Waals surface area contributed by atoms with Crippen LogP contribution in [0.2, 0.25) is 0 Å². The normalized spacial score (nSPS) is 11.8. The molecule has 0 fully saturated rings. The summed E-state index contributed by atoms with van der Waals surface area (Å²) in [6.45, 7) is 1.76. The number of rotatable bonds is 3. The summed E-state index contributed by atoms with van der Waals surface area (Å²) < 4.78 is 51.7. The molecule has 0 unspecified atom stereocenters. The van der Waals surface area contributed by atoms with Gasteiger partial charge in [-0.05, 0) is 17.9 Å². The molecule has 0 spiro atoms. The Balaban J connectivity index is 0.000000346.